The molecule has 56 valence electrons. The maximum Gasteiger partial charge on any atom is 0.311 e. The second-order valence-corrected chi connectivity index (χ2v) is 2.45. The summed E-state index contributed by atoms with van der Waals surface area (Å²) in [4.78, 5) is 10.3. The Balaban J connectivity index is 2.41. The molecule has 0 spiro atoms. The monoisotopic (exact) mass is 142 g/mol. The number of ether oxygens (including phenoxy) is 1. The van der Waals surface area contributed by atoms with Crippen LogP contribution in [-0.4, -0.2) is 24.8 Å². The lowest BCUT2D eigenvalue weighted by molar-refractivity contribution is -0.138. The Labute approximate surface area is 59.3 Å². The number of hydrogen-bond donors (Lipinski definition) is 1. The topological polar surface area (TPSA) is 46.5 Å². The Morgan fingerprint density at radius 2 is 2.50 bits per heavy atom. The van der Waals surface area contributed by atoms with Gasteiger partial charge in [-0.2, -0.15) is 0 Å². The molecule has 0 aliphatic heterocycles. The van der Waals surface area contributed by atoms with Gasteiger partial charge in [0, 0.05) is 13.0 Å². The molecule has 0 aromatic rings. The number of rotatable bonds is 3. The van der Waals surface area contributed by atoms with Gasteiger partial charge in [0.15, 0.2) is 0 Å². The molecule has 0 aromatic heterocycles. The Hall–Kier alpha value is -0.830. The summed E-state index contributed by atoms with van der Waals surface area (Å²) < 4.78 is 4.79. The van der Waals surface area contributed by atoms with Gasteiger partial charge >= 0.3 is 5.97 Å². The summed E-state index contributed by atoms with van der Waals surface area (Å²) in [5.74, 6) is -1.07. The van der Waals surface area contributed by atoms with E-state index in [-0.39, 0.29) is 11.8 Å². The molecular weight excluding hydrogens is 132 g/mol. The number of carboxylic acids is 1. The molecule has 0 heterocycles. The third kappa shape index (κ3) is 1.04. The van der Waals surface area contributed by atoms with Gasteiger partial charge in [-0.1, -0.05) is 12.2 Å². The van der Waals surface area contributed by atoms with Crippen molar-refractivity contribution in [3.8, 4) is 0 Å². The van der Waals surface area contributed by atoms with Crippen LogP contribution < -0.4 is 0 Å². The molecule has 3 heteroatoms. The van der Waals surface area contributed by atoms with E-state index in [4.69, 9.17) is 9.84 Å². The molecule has 0 aromatic carbocycles. The van der Waals surface area contributed by atoms with Gasteiger partial charge in [-0.3, -0.25) is 4.79 Å². The van der Waals surface area contributed by atoms with Gasteiger partial charge in [0.1, 0.15) is 0 Å². The highest BCUT2D eigenvalue weighted by Crippen LogP contribution is 2.44. The Morgan fingerprint density at radius 3 is 2.80 bits per heavy atom. The predicted molar refractivity (Wildman–Crippen MR) is 35.6 cm³/mol. The first kappa shape index (κ1) is 7.28. The van der Waals surface area contributed by atoms with Gasteiger partial charge < -0.3 is 9.84 Å². The van der Waals surface area contributed by atoms with Gasteiger partial charge in [-0.15, -0.1) is 0 Å². The van der Waals surface area contributed by atoms with E-state index >= 15 is 0 Å². The smallest absolute Gasteiger partial charge is 0.311 e. The average molecular weight is 142 g/mol. The van der Waals surface area contributed by atoms with Crippen LogP contribution in [0.4, 0.5) is 0 Å². The van der Waals surface area contributed by atoms with Crippen molar-refractivity contribution in [2.24, 2.45) is 11.8 Å². The first-order valence-corrected chi connectivity index (χ1v) is 3.09. The van der Waals surface area contributed by atoms with E-state index in [1.54, 1.807) is 7.11 Å². The standard InChI is InChI=1S/C7H10O3/c1-4-5(3-10-2)6(4)7(8)9/h5-6H,1,3H2,2H3,(H,8,9)/t5-,6-/m1/s1. The van der Waals surface area contributed by atoms with Crippen LogP contribution in [0.1, 0.15) is 0 Å². The molecule has 2 atom stereocenters. The minimum absolute atomic E-state index is 0.0579. The summed E-state index contributed by atoms with van der Waals surface area (Å²) >= 11 is 0. The Kier molecular flexibility index (Phi) is 1.76. The van der Waals surface area contributed by atoms with Gasteiger partial charge in [0.25, 0.3) is 0 Å². The second-order valence-electron chi connectivity index (χ2n) is 2.45. The van der Waals surface area contributed by atoms with E-state index in [0.717, 1.165) is 5.57 Å². The van der Waals surface area contributed by atoms with Crippen LogP contribution in [0.15, 0.2) is 12.2 Å². The van der Waals surface area contributed by atoms with Crippen LogP contribution in [0.2, 0.25) is 0 Å². The number of methoxy groups -OCH3 is 1. The lowest BCUT2D eigenvalue weighted by Gasteiger charge is -1.90. The van der Waals surface area contributed by atoms with Crippen molar-refractivity contribution in [3.63, 3.8) is 0 Å². The normalized spacial score (nSPS) is 30.3. The quantitative estimate of drug-likeness (QED) is 0.584. The molecule has 0 amide bonds. The molecule has 1 rings (SSSR count). The summed E-state index contributed by atoms with van der Waals surface area (Å²) in [5.41, 5.74) is 0.786. The molecule has 1 aliphatic carbocycles. The van der Waals surface area contributed by atoms with Crippen LogP contribution in [0.3, 0.4) is 0 Å². The SMILES string of the molecule is C=C1[C@@H](C(=O)O)[C@@H]1COC. The van der Waals surface area contributed by atoms with E-state index in [0.29, 0.717) is 6.61 Å². The van der Waals surface area contributed by atoms with E-state index in [1.807, 2.05) is 0 Å². The fourth-order valence-corrected chi connectivity index (χ4v) is 1.09. The fourth-order valence-electron chi connectivity index (χ4n) is 1.09. The molecular formula is C7H10O3. The maximum atomic E-state index is 10.3. The number of aliphatic carboxylic acids is 1. The van der Waals surface area contributed by atoms with Crippen molar-refractivity contribution in [2.75, 3.05) is 13.7 Å². The number of carbonyl (C=O) groups is 1. The first-order valence-electron chi connectivity index (χ1n) is 3.09. The van der Waals surface area contributed by atoms with E-state index in [2.05, 4.69) is 6.58 Å². The first-order chi connectivity index (χ1) is 4.68. The predicted octanol–water partition coefficient (Wildman–Crippen LogP) is 0.520. The minimum Gasteiger partial charge on any atom is -0.481 e. The number of hydrogen-bond acceptors (Lipinski definition) is 2. The summed E-state index contributed by atoms with van der Waals surface area (Å²) in [6.07, 6.45) is 0. The lowest BCUT2D eigenvalue weighted by Crippen LogP contribution is -2.02. The fraction of sp³-hybridized carbons (Fsp3) is 0.571. The molecule has 0 unspecified atom stereocenters. The van der Waals surface area contributed by atoms with Gasteiger partial charge in [0.05, 0.1) is 12.5 Å². The van der Waals surface area contributed by atoms with Crippen LogP contribution in [0, 0.1) is 11.8 Å². The Bertz CT molecular complexity index is 174. The van der Waals surface area contributed by atoms with Gasteiger partial charge in [0.2, 0.25) is 0 Å². The molecule has 1 aliphatic rings. The van der Waals surface area contributed by atoms with E-state index < -0.39 is 5.97 Å². The van der Waals surface area contributed by atoms with Crippen molar-refractivity contribution in [3.05, 3.63) is 12.2 Å². The average Bonchev–Trinajstić information content (AvgIpc) is 2.43. The van der Waals surface area contributed by atoms with Crippen LogP contribution in [0.25, 0.3) is 0 Å². The van der Waals surface area contributed by atoms with Gasteiger partial charge in [-0.25, -0.2) is 0 Å². The molecule has 1 fully saturated rings. The third-order valence-electron chi connectivity index (χ3n) is 1.78. The molecule has 0 bridgehead atoms. The third-order valence-corrected chi connectivity index (χ3v) is 1.78. The summed E-state index contributed by atoms with van der Waals surface area (Å²) in [5, 5.41) is 8.50. The molecule has 3 nitrogen and oxygen atoms in total. The highest BCUT2D eigenvalue weighted by atomic mass is 16.5. The highest BCUT2D eigenvalue weighted by molar-refractivity contribution is 5.80. The van der Waals surface area contributed by atoms with E-state index in [1.165, 1.54) is 0 Å². The molecule has 1 saturated carbocycles. The summed E-state index contributed by atoms with van der Waals surface area (Å²) in [6, 6.07) is 0. The summed E-state index contributed by atoms with van der Waals surface area (Å²) in [6.45, 7) is 4.09. The van der Waals surface area contributed by atoms with Crippen molar-refractivity contribution in [1.29, 1.82) is 0 Å². The van der Waals surface area contributed by atoms with Crippen molar-refractivity contribution < 1.29 is 14.6 Å². The molecule has 10 heavy (non-hydrogen) atoms. The Morgan fingerprint density at radius 1 is 1.90 bits per heavy atom. The zero-order valence-electron chi connectivity index (χ0n) is 5.83. The summed E-state index contributed by atoms with van der Waals surface area (Å²) in [7, 11) is 1.56. The lowest BCUT2D eigenvalue weighted by atomic mass is 10.3. The van der Waals surface area contributed by atoms with Gasteiger partial charge in [-0.05, 0) is 0 Å². The molecule has 1 N–H and O–H groups in total. The van der Waals surface area contributed by atoms with Crippen LogP contribution in [0.5, 0.6) is 0 Å². The number of carboxylic acid groups (broad SMARTS) is 1. The van der Waals surface area contributed by atoms with Crippen molar-refractivity contribution >= 4 is 5.97 Å². The van der Waals surface area contributed by atoms with Crippen molar-refractivity contribution in [2.45, 2.75) is 0 Å². The zero-order valence-corrected chi connectivity index (χ0v) is 5.83. The van der Waals surface area contributed by atoms with Crippen molar-refractivity contribution in [1.82, 2.24) is 0 Å². The molecule has 0 radical (unpaired) electrons. The van der Waals surface area contributed by atoms with Crippen LogP contribution in [-0.2, 0) is 9.53 Å². The zero-order chi connectivity index (χ0) is 7.72. The largest absolute Gasteiger partial charge is 0.481 e. The minimum atomic E-state index is -0.785. The van der Waals surface area contributed by atoms with Crippen LogP contribution >= 0.6 is 0 Å². The maximum absolute atomic E-state index is 10.3. The van der Waals surface area contributed by atoms with E-state index in [9.17, 15) is 4.79 Å². The highest BCUT2D eigenvalue weighted by Gasteiger charge is 2.47. The second kappa shape index (κ2) is 2.42. The molecule has 0 saturated heterocycles.